The first-order valence-corrected chi connectivity index (χ1v) is 7.07. The highest BCUT2D eigenvalue weighted by Gasteiger charge is 2.38. The van der Waals surface area contributed by atoms with Crippen molar-refractivity contribution in [1.82, 2.24) is 10.6 Å². The fourth-order valence-electron chi connectivity index (χ4n) is 2.58. The minimum absolute atomic E-state index is 0.0260. The Bertz CT molecular complexity index is 315. The van der Waals surface area contributed by atoms with E-state index in [-0.39, 0.29) is 24.0 Å². The zero-order valence-corrected chi connectivity index (χ0v) is 10.6. The van der Waals surface area contributed by atoms with Gasteiger partial charge in [0, 0.05) is 18.5 Å². The van der Waals surface area contributed by atoms with E-state index in [0.717, 1.165) is 12.8 Å². The van der Waals surface area contributed by atoms with Gasteiger partial charge in [0.25, 0.3) is 0 Å². The summed E-state index contributed by atoms with van der Waals surface area (Å²) in [6.07, 6.45) is 4.92. The summed E-state index contributed by atoms with van der Waals surface area (Å²) < 4.78 is 5.57. The molecule has 0 aromatic carbocycles. The van der Waals surface area contributed by atoms with Crippen molar-refractivity contribution in [2.24, 2.45) is 5.92 Å². The minimum Gasteiger partial charge on any atom is -0.389 e. The summed E-state index contributed by atoms with van der Waals surface area (Å²) >= 11 is 0. The third kappa shape index (κ3) is 2.68. The van der Waals surface area contributed by atoms with Crippen molar-refractivity contribution in [3.8, 4) is 0 Å². The van der Waals surface area contributed by atoms with Crippen molar-refractivity contribution >= 4 is 5.91 Å². The Morgan fingerprint density at radius 2 is 2.06 bits per heavy atom. The molecule has 5 nitrogen and oxygen atoms in total. The average molecular weight is 254 g/mol. The SMILES string of the molecule is O=C(NCC1OCC(NC2CCC2)C1O)C1CC1. The van der Waals surface area contributed by atoms with Gasteiger partial charge in [0.05, 0.1) is 18.8 Å². The van der Waals surface area contributed by atoms with Crippen molar-refractivity contribution in [2.45, 2.75) is 56.4 Å². The van der Waals surface area contributed by atoms with Crippen LogP contribution in [0.2, 0.25) is 0 Å². The molecule has 5 heteroatoms. The molecule has 3 fully saturated rings. The number of carbonyl (C=O) groups excluding carboxylic acids is 1. The molecule has 1 saturated heterocycles. The van der Waals surface area contributed by atoms with Gasteiger partial charge in [0.2, 0.25) is 5.91 Å². The number of amides is 1. The second kappa shape index (κ2) is 5.15. The molecule has 0 radical (unpaired) electrons. The lowest BCUT2D eigenvalue weighted by atomic mass is 9.92. The first-order chi connectivity index (χ1) is 8.74. The third-order valence-corrected chi connectivity index (χ3v) is 4.26. The number of carbonyl (C=O) groups is 1. The highest BCUT2D eigenvalue weighted by atomic mass is 16.5. The van der Waals surface area contributed by atoms with Gasteiger partial charge in [0.15, 0.2) is 0 Å². The monoisotopic (exact) mass is 254 g/mol. The summed E-state index contributed by atoms with van der Waals surface area (Å²) in [4.78, 5) is 11.5. The highest BCUT2D eigenvalue weighted by molar-refractivity contribution is 5.80. The lowest BCUT2D eigenvalue weighted by molar-refractivity contribution is -0.123. The van der Waals surface area contributed by atoms with E-state index in [0.29, 0.717) is 19.2 Å². The van der Waals surface area contributed by atoms with Gasteiger partial charge in [-0.1, -0.05) is 6.42 Å². The molecule has 18 heavy (non-hydrogen) atoms. The molecule has 3 N–H and O–H groups in total. The van der Waals surface area contributed by atoms with Crippen LogP contribution in [0, 0.1) is 5.92 Å². The van der Waals surface area contributed by atoms with Gasteiger partial charge in [0.1, 0.15) is 6.10 Å². The first kappa shape index (κ1) is 12.4. The summed E-state index contributed by atoms with van der Waals surface area (Å²) in [7, 11) is 0. The molecule has 0 aromatic heterocycles. The van der Waals surface area contributed by atoms with Crippen LogP contribution in [0.25, 0.3) is 0 Å². The van der Waals surface area contributed by atoms with Gasteiger partial charge in [-0.25, -0.2) is 0 Å². The van der Waals surface area contributed by atoms with E-state index >= 15 is 0 Å². The Balaban J connectivity index is 1.41. The second-order valence-electron chi connectivity index (χ2n) is 5.78. The van der Waals surface area contributed by atoms with Crippen LogP contribution in [0.15, 0.2) is 0 Å². The molecule has 0 aromatic rings. The fourth-order valence-corrected chi connectivity index (χ4v) is 2.58. The van der Waals surface area contributed by atoms with Crippen LogP contribution >= 0.6 is 0 Å². The van der Waals surface area contributed by atoms with Crippen molar-refractivity contribution in [3.63, 3.8) is 0 Å². The Hall–Kier alpha value is -0.650. The predicted octanol–water partition coefficient (Wildman–Crippen LogP) is -0.217. The molecule has 1 amide bonds. The van der Waals surface area contributed by atoms with Gasteiger partial charge < -0.3 is 20.5 Å². The van der Waals surface area contributed by atoms with E-state index in [1.54, 1.807) is 0 Å². The normalized spacial score (nSPS) is 36.4. The van der Waals surface area contributed by atoms with E-state index < -0.39 is 6.10 Å². The molecule has 3 atom stereocenters. The molecule has 3 aliphatic rings. The first-order valence-electron chi connectivity index (χ1n) is 7.07. The van der Waals surface area contributed by atoms with Crippen molar-refractivity contribution < 1.29 is 14.6 Å². The molecule has 2 saturated carbocycles. The number of rotatable bonds is 5. The number of aliphatic hydroxyl groups excluding tert-OH is 1. The number of aliphatic hydroxyl groups is 1. The van der Waals surface area contributed by atoms with Gasteiger partial charge in [-0.3, -0.25) is 4.79 Å². The van der Waals surface area contributed by atoms with E-state index in [1.165, 1.54) is 19.3 Å². The number of nitrogens with one attached hydrogen (secondary N) is 2. The van der Waals surface area contributed by atoms with E-state index in [1.807, 2.05) is 0 Å². The maximum absolute atomic E-state index is 11.5. The van der Waals surface area contributed by atoms with E-state index in [2.05, 4.69) is 10.6 Å². The summed E-state index contributed by atoms with van der Waals surface area (Å²) in [6, 6.07) is 0.575. The maximum Gasteiger partial charge on any atom is 0.223 e. The van der Waals surface area contributed by atoms with Gasteiger partial charge in [-0.2, -0.15) is 0 Å². The van der Waals surface area contributed by atoms with Crippen molar-refractivity contribution in [2.75, 3.05) is 13.2 Å². The zero-order chi connectivity index (χ0) is 12.5. The lowest BCUT2D eigenvalue weighted by Crippen LogP contribution is -2.50. The van der Waals surface area contributed by atoms with Crippen LogP contribution in [0.3, 0.4) is 0 Å². The smallest absolute Gasteiger partial charge is 0.223 e. The Morgan fingerprint density at radius 1 is 1.28 bits per heavy atom. The zero-order valence-electron chi connectivity index (χ0n) is 10.6. The van der Waals surface area contributed by atoms with Gasteiger partial charge in [-0.15, -0.1) is 0 Å². The van der Waals surface area contributed by atoms with Gasteiger partial charge >= 0.3 is 0 Å². The molecule has 2 aliphatic carbocycles. The maximum atomic E-state index is 11.5. The Morgan fingerprint density at radius 3 is 2.67 bits per heavy atom. The van der Waals surface area contributed by atoms with Crippen LogP contribution in [-0.4, -0.2) is 48.5 Å². The highest BCUT2D eigenvalue weighted by Crippen LogP contribution is 2.29. The van der Waals surface area contributed by atoms with Crippen LogP contribution in [-0.2, 0) is 9.53 Å². The molecular weight excluding hydrogens is 232 g/mol. The quantitative estimate of drug-likeness (QED) is 0.634. The number of hydrogen-bond donors (Lipinski definition) is 3. The largest absolute Gasteiger partial charge is 0.389 e. The van der Waals surface area contributed by atoms with E-state index in [9.17, 15) is 9.90 Å². The number of ether oxygens (including phenoxy) is 1. The van der Waals surface area contributed by atoms with Crippen LogP contribution in [0.4, 0.5) is 0 Å². The standard InChI is InChI=1S/C13H22N2O3/c16-12-10(15-9-2-1-3-9)7-18-11(12)6-14-13(17)8-4-5-8/h8-12,15-16H,1-7H2,(H,14,17). The molecule has 102 valence electrons. The van der Waals surface area contributed by atoms with E-state index in [4.69, 9.17) is 4.74 Å². The predicted molar refractivity (Wildman–Crippen MR) is 66.0 cm³/mol. The van der Waals surface area contributed by atoms with Crippen LogP contribution < -0.4 is 10.6 Å². The second-order valence-corrected chi connectivity index (χ2v) is 5.78. The lowest BCUT2D eigenvalue weighted by Gasteiger charge is -2.30. The Labute approximate surface area is 107 Å². The minimum atomic E-state index is -0.509. The molecule has 3 unspecified atom stereocenters. The summed E-state index contributed by atoms with van der Waals surface area (Å²) in [5, 5.41) is 16.4. The van der Waals surface area contributed by atoms with Crippen molar-refractivity contribution in [3.05, 3.63) is 0 Å². The summed E-state index contributed by atoms with van der Waals surface area (Å²) in [6.45, 7) is 0.973. The summed E-state index contributed by atoms with van der Waals surface area (Å²) in [5.41, 5.74) is 0. The van der Waals surface area contributed by atoms with Crippen LogP contribution in [0.1, 0.15) is 32.1 Å². The Kier molecular flexibility index (Phi) is 3.54. The van der Waals surface area contributed by atoms with Crippen LogP contribution in [0.5, 0.6) is 0 Å². The fraction of sp³-hybridized carbons (Fsp3) is 0.923. The summed E-state index contributed by atoms with van der Waals surface area (Å²) in [5.74, 6) is 0.327. The topological polar surface area (TPSA) is 70.6 Å². The molecular formula is C13H22N2O3. The van der Waals surface area contributed by atoms with Gasteiger partial charge in [-0.05, 0) is 25.7 Å². The number of hydrogen-bond acceptors (Lipinski definition) is 4. The molecule has 1 heterocycles. The molecule has 3 rings (SSSR count). The van der Waals surface area contributed by atoms with Crippen molar-refractivity contribution in [1.29, 1.82) is 0 Å². The third-order valence-electron chi connectivity index (χ3n) is 4.26. The molecule has 0 spiro atoms. The molecule has 0 bridgehead atoms. The average Bonchev–Trinajstić information content (AvgIpc) is 3.08. The molecule has 1 aliphatic heterocycles.